The van der Waals surface area contributed by atoms with Crippen molar-refractivity contribution in [2.45, 2.75) is 31.2 Å². The number of esters is 1. The second-order valence-electron chi connectivity index (χ2n) is 2.24. The van der Waals surface area contributed by atoms with Gasteiger partial charge in [0.25, 0.3) is 0 Å². The molecule has 1 aliphatic rings. The first-order valence-electron chi connectivity index (χ1n) is 3.01. The molecule has 2 unspecified atom stereocenters. The summed E-state index contributed by atoms with van der Waals surface area (Å²) in [6.45, 7) is 1.40. The second-order valence-corrected chi connectivity index (χ2v) is 2.80. The quantitative estimate of drug-likeness (QED) is 0.414. The molecule has 1 saturated carbocycles. The highest BCUT2D eigenvalue weighted by Crippen LogP contribution is 2.28. The van der Waals surface area contributed by atoms with Crippen LogP contribution in [-0.4, -0.2) is 17.5 Å². The van der Waals surface area contributed by atoms with Gasteiger partial charge in [-0.3, -0.25) is 4.79 Å². The molecule has 1 rings (SSSR count). The van der Waals surface area contributed by atoms with Crippen molar-refractivity contribution < 1.29 is 9.53 Å². The Morgan fingerprint density at radius 3 is 2.44 bits per heavy atom. The molecular formula is C6H9ClO2. The molecule has 2 atom stereocenters. The molecule has 0 spiro atoms. The van der Waals surface area contributed by atoms with Crippen molar-refractivity contribution in [3.05, 3.63) is 0 Å². The fourth-order valence-electron chi connectivity index (χ4n) is 0.775. The highest BCUT2D eigenvalue weighted by molar-refractivity contribution is 6.21. The third-order valence-electron chi connectivity index (χ3n) is 1.45. The summed E-state index contributed by atoms with van der Waals surface area (Å²) in [5.74, 6) is -0.231. The number of halogens is 1. The number of ether oxygens (including phenoxy) is 1. The average Bonchev–Trinajstić information content (AvgIpc) is 1.79. The van der Waals surface area contributed by atoms with Crippen LogP contribution in [0.5, 0.6) is 0 Å². The topological polar surface area (TPSA) is 26.3 Å². The van der Waals surface area contributed by atoms with Crippen LogP contribution in [0, 0.1) is 0 Å². The zero-order valence-corrected chi connectivity index (χ0v) is 6.02. The molecule has 0 aromatic heterocycles. The van der Waals surface area contributed by atoms with Crippen LogP contribution in [-0.2, 0) is 9.53 Å². The Morgan fingerprint density at radius 1 is 1.67 bits per heavy atom. The molecule has 0 heterocycles. The van der Waals surface area contributed by atoms with Gasteiger partial charge in [-0.2, -0.15) is 0 Å². The fraction of sp³-hybridized carbons (Fsp3) is 0.833. The Hall–Kier alpha value is -0.240. The van der Waals surface area contributed by atoms with E-state index in [9.17, 15) is 4.79 Å². The van der Waals surface area contributed by atoms with Gasteiger partial charge >= 0.3 is 5.97 Å². The predicted octanol–water partition coefficient (Wildman–Crippen LogP) is 1.32. The van der Waals surface area contributed by atoms with E-state index in [0.717, 1.165) is 12.8 Å². The summed E-state index contributed by atoms with van der Waals surface area (Å²) in [6, 6.07) is 0. The van der Waals surface area contributed by atoms with E-state index in [1.807, 2.05) is 0 Å². The lowest BCUT2D eigenvalue weighted by Gasteiger charge is -2.30. The standard InChI is InChI=1S/C6H9ClO2/c1-4(8)9-6-3-2-5(6)7/h5-6H,2-3H2,1H3. The smallest absolute Gasteiger partial charge is 0.302 e. The maximum atomic E-state index is 10.3. The van der Waals surface area contributed by atoms with Crippen molar-refractivity contribution in [1.82, 2.24) is 0 Å². The molecule has 0 aliphatic heterocycles. The molecule has 9 heavy (non-hydrogen) atoms. The summed E-state index contributed by atoms with van der Waals surface area (Å²) in [5, 5.41) is 0.0638. The van der Waals surface area contributed by atoms with Crippen molar-refractivity contribution in [3.8, 4) is 0 Å². The second kappa shape index (κ2) is 2.56. The fourth-order valence-corrected chi connectivity index (χ4v) is 1.08. The number of carbonyl (C=O) groups is 1. The number of carbonyl (C=O) groups excluding carboxylic acids is 1. The molecule has 0 amide bonds. The molecule has 1 fully saturated rings. The average molecular weight is 149 g/mol. The lowest BCUT2D eigenvalue weighted by molar-refractivity contribution is -0.149. The first-order chi connectivity index (χ1) is 4.20. The highest BCUT2D eigenvalue weighted by atomic mass is 35.5. The van der Waals surface area contributed by atoms with Crippen molar-refractivity contribution in [3.63, 3.8) is 0 Å². The largest absolute Gasteiger partial charge is 0.461 e. The maximum absolute atomic E-state index is 10.3. The Morgan fingerprint density at radius 2 is 2.33 bits per heavy atom. The summed E-state index contributed by atoms with van der Waals surface area (Å²) < 4.78 is 4.83. The van der Waals surface area contributed by atoms with Crippen LogP contribution in [0.15, 0.2) is 0 Å². The summed E-state index contributed by atoms with van der Waals surface area (Å²) in [7, 11) is 0. The molecule has 0 aromatic rings. The predicted molar refractivity (Wildman–Crippen MR) is 34.4 cm³/mol. The molecule has 0 aromatic carbocycles. The molecule has 3 heteroatoms. The van der Waals surface area contributed by atoms with Crippen LogP contribution in [0.2, 0.25) is 0 Å². The van der Waals surface area contributed by atoms with Crippen molar-refractivity contribution >= 4 is 17.6 Å². The first-order valence-corrected chi connectivity index (χ1v) is 3.45. The number of alkyl halides is 1. The van der Waals surface area contributed by atoms with E-state index >= 15 is 0 Å². The summed E-state index contributed by atoms with van der Waals surface area (Å²) >= 11 is 5.68. The lowest BCUT2D eigenvalue weighted by atomic mass is 9.95. The number of hydrogen-bond donors (Lipinski definition) is 0. The Bertz CT molecular complexity index is 124. The molecule has 52 valence electrons. The molecule has 0 radical (unpaired) electrons. The zero-order chi connectivity index (χ0) is 6.85. The zero-order valence-electron chi connectivity index (χ0n) is 5.26. The van der Waals surface area contributed by atoms with Gasteiger partial charge in [0.2, 0.25) is 0 Å². The van der Waals surface area contributed by atoms with Crippen LogP contribution < -0.4 is 0 Å². The van der Waals surface area contributed by atoms with Gasteiger partial charge < -0.3 is 4.74 Å². The van der Waals surface area contributed by atoms with E-state index in [-0.39, 0.29) is 17.5 Å². The summed E-state index contributed by atoms with van der Waals surface area (Å²) in [6.07, 6.45) is 1.89. The first kappa shape index (κ1) is 6.87. The van der Waals surface area contributed by atoms with Crippen LogP contribution in [0.3, 0.4) is 0 Å². The lowest BCUT2D eigenvalue weighted by Crippen LogP contribution is -2.36. The van der Waals surface area contributed by atoms with E-state index in [1.165, 1.54) is 6.92 Å². The van der Waals surface area contributed by atoms with Gasteiger partial charge in [-0.15, -0.1) is 11.6 Å². The normalized spacial score (nSPS) is 33.1. The third-order valence-corrected chi connectivity index (χ3v) is 1.95. The van der Waals surface area contributed by atoms with Gasteiger partial charge in [-0.25, -0.2) is 0 Å². The van der Waals surface area contributed by atoms with Crippen LogP contribution >= 0.6 is 11.6 Å². The van der Waals surface area contributed by atoms with Gasteiger partial charge in [0.15, 0.2) is 0 Å². The van der Waals surface area contributed by atoms with Gasteiger partial charge in [0.05, 0.1) is 5.38 Å². The van der Waals surface area contributed by atoms with Crippen LogP contribution in [0.25, 0.3) is 0 Å². The Kier molecular flexibility index (Phi) is 1.96. The van der Waals surface area contributed by atoms with E-state index in [0.29, 0.717) is 0 Å². The minimum absolute atomic E-state index is 0.0100. The van der Waals surface area contributed by atoms with Crippen LogP contribution in [0.1, 0.15) is 19.8 Å². The molecule has 0 saturated heterocycles. The van der Waals surface area contributed by atoms with Gasteiger partial charge in [-0.1, -0.05) is 0 Å². The molecule has 0 bridgehead atoms. The van der Waals surface area contributed by atoms with E-state index in [1.54, 1.807) is 0 Å². The van der Waals surface area contributed by atoms with Crippen molar-refractivity contribution in [2.75, 3.05) is 0 Å². The number of hydrogen-bond acceptors (Lipinski definition) is 2. The van der Waals surface area contributed by atoms with Crippen LogP contribution in [0.4, 0.5) is 0 Å². The third kappa shape index (κ3) is 1.58. The summed E-state index contributed by atoms with van der Waals surface area (Å²) in [5.41, 5.74) is 0. The van der Waals surface area contributed by atoms with Crippen molar-refractivity contribution in [1.29, 1.82) is 0 Å². The monoisotopic (exact) mass is 148 g/mol. The minimum atomic E-state index is -0.231. The van der Waals surface area contributed by atoms with E-state index in [4.69, 9.17) is 16.3 Å². The van der Waals surface area contributed by atoms with Gasteiger partial charge in [0, 0.05) is 6.92 Å². The SMILES string of the molecule is CC(=O)OC1CCC1Cl. The van der Waals surface area contributed by atoms with Gasteiger partial charge in [0.1, 0.15) is 6.10 Å². The molecule has 0 N–H and O–H groups in total. The Labute approximate surface area is 59.1 Å². The van der Waals surface area contributed by atoms with E-state index < -0.39 is 0 Å². The minimum Gasteiger partial charge on any atom is -0.461 e. The maximum Gasteiger partial charge on any atom is 0.302 e. The Balaban J connectivity index is 2.21. The van der Waals surface area contributed by atoms with Crippen molar-refractivity contribution in [2.24, 2.45) is 0 Å². The number of rotatable bonds is 1. The highest BCUT2D eigenvalue weighted by Gasteiger charge is 2.31. The molecule has 1 aliphatic carbocycles. The van der Waals surface area contributed by atoms with Gasteiger partial charge in [-0.05, 0) is 12.8 Å². The van der Waals surface area contributed by atoms with E-state index in [2.05, 4.69) is 0 Å². The molecule has 2 nitrogen and oxygen atoms in total. The summed E-state index contributed by atoms with van der Waals surface area (Å²) in [4.78, 5) is 10.3. The molecular weight excluding hydrogens is 140 g/mol.